The lowest BCUT2D eigenvalue weighted by molar-refractivity contribution is 1.08. The zero-order chi connectivity index (χ0) is 33.7. The van der Waals surface area contributed by atoms with Crippen LogP contribution in [-0.2, 0) is 0 Å². The molecular weight excluding hydrogens is 639 g/mol. The first-order chi connectivity index (χ1) is 25.2. The summed E-state index contributed by atoms with van der Waals surface area (Å²) < 4.78 is 2.64. The average Bonchev–Trinajstić information content (AvgIpc) is 3.59. The Kier molecular flexibility index (Phi) is 7.00. The van der Waals surface area contributed by atoms with Crippen molar-refractivity contribution in [2.75, 3.05) is 0 Å². The fourth-order valence-electron chi connectivity index (χ4n) is 7.16. The summed E-state index contributed by atoms with van der Waals surface area (Å²) in [6.45, 7) is 0. The Morgan fingerprint density at radius 3 is 1.71 bits per heavy atom. The number of hydrogen-bond acceptors (Lipinski definition) is 4. The molecule has 0 fully saturated rings. The van der Waals surface area contributed by atoms with Crippen molar-refractivity contribution < 1.29 is 0 Å². The topological polar surface area (TPSA) is 38.7 Å². The SMILES string of the molecule is c1ccc(-c2cc(-c3nc(-c4ccccc4)nc(-c4ccc5cc(-c6cccc7c6sc6ccccc67)ccc5c4)n3)c3ccccc3c2)cc1. The van der Waals surface area contributed by atoms with Gasteiger partial charge in [0.15, 0.2) is 17.5 Å². The molecule has 0 aliphatic heterocycles. The first-order valence-corrected chi connectivity index (χ1v) is 17.9. The minimum Gasteiger partial charge on any atom is -0.208 e. The van der Waals surface area contributed by atoms with Gasteiger partial charge in [0.1, 0.15) is 0 Å². The van der Waals surface area contributed by atoms with Gasteiger partial charge in [0.2, 0.25) is 0 Å². The van der Waals surface area contributed by atoms with E-state index in [2.05, 4.69) is 152 Å². The number of rotatable bonds is 5. The lowest BCUT2D eigenvalue weighted by atomic mass is 9.96. The van der Waals surface area contributed by atoms with Crippen LogP contribution in [0.1, 0.15) is 0 Å². The number of hydrogen-bond donors (Lipinski definition) is 0. The van der Waals surface area contributed by atoms with Gasteiger partial charge in [-0.1, -0.05) is 146 Å². The molecule has 0 radical (unpaired) electrons. The normalized spacial score (nSPS) is 11.5. The number of benzene rings is 8. The van der Waals surface area contributed by atoms with Crippen LogP contribution in [0.4, 0.5) is 0 Å². The van der Waals surface area contributed by atoms with E-state index in [4.69, 9.17) is 15.0 Å². The third-order valence-electron chi connectivity index (χ3n) is 9.69. The van der Waals surface area contributed by atoms with Crippen molar-refractivity contribution in [2.24, 2.45) is 0 Å². The maximum atomic E-state index is 5.19. The molecule has 4 heteroatoms. The van der Waals surface area contributed by atoms with Crippen molar-refractivity contribution in [3.8, 4) is 56.4 Å². The number of nitrogens with zero attached hydrogens (tertiary/aromatic N) is 3. The van der Waals surface area contributed by atoms with Crippen LogP contribution in [-0.4, -0.2) is 15.0 Å². The van der Waals surface area contributed by atoms with Gasteiger partial charge in [-0.25, -0.2) is 15.0 Å². The monoisotopic (exact) mass is 667 g/mol. The molecule has 10 aromatic rings. The van der Waals surface area contributed by atoms with Gasteiger partial charge in [-0.3, -0.25) is 0 Å². The molecule has 0 unspecified atom stereocenters. The molecule has 0 N–H and O–H groups in total. The van der Waals surface area contributed by atoms with Gasteiger partial charge in [-0.05, 0) is 74.1 Å². The van der Waals surface area contributed by atoms with E-state index in [0.29, 0.717) is 17.5 Å². The van der Waals surface area contributed by atoms with Gasteiger partial charge < -0.3 is 0 Å². The molecule has 2 aromatic heterocycles. The Labute approximate surface area is 299 Å². The van der Waals surface area contributed by atoms with Crippen molar-refractivity contribution in [3.05, 3.63) is 176 Å². The maximum Gasteiger partial charge on any atom is 0.164 e. The second-order valence-corrected chi connectivity index (χ2v) is 13.9. The Bertz CT molecular complexity index is 2910. The zero-order valence-electron chi connectivity index (χ0n) is 27.5. The van der Waals surface area contributed by atoms with Gasteiger partial charge in [-0.15, -0.1) is 11.3 Å². The maximum absolute atomic E-state index is 5.19. The highest BCUT2D eigenvalue weighted by molar-refractivity contribution is 7.26. The highest BCUT2D eigenvalue weighted by atomic mass is 32.1. The highest BCUT2D eigenvalue weighted by Gasteiger charge is 2.17. The fourth-order valence-corrected chi connectivity index (χ4v) is 8.40. The zero-order valence-corrected chi connectivity index (χ0v) is 28.3. The molecule has 0 saturated heterocycles. The van der Waals surface area contributed by atoms with Crippen LogP contribution in [0.3, 0.4) is 0 Å². The molecule has 238 valence electrons. The molecule has 0 aliphatic carbocycles. The van der Waals surface area contributed by atoms with E-state index in [1.165, 1.54) is 36.7 Å². The molecule has 10 rings (SSSR count). The number of aromatic nitrogens is 3. The van der Waals surface area contributed by atoms with Gasteiger partial charge in [-0.2, -0.15) is 0 Å². The standard InChI is InChI=1S/C47H29N3S/c1-3-12-30(13-4-1)37-28-34-16-7-8-17-38(34)42(29-37)47-49-45(31-14-5-2-6-15-31)48-46(50-47)36-25-23-32-26-35(24-22-33(32)27-36)39-19-11-20-41-40-18-9-10-21-43(40)51-44(39)41/h1-29H. The largest absolute Gasteiger partial charge is 0.208 e. The molecule has 2 heterocycles. The van der Waals surface area contributed by atoms with Crippen LogP contribution in [0.2, 0.25) is 0 Å². The predicted molar refractivity (Wildman–Crippen MR) is 215 cm³/mol. The Balaban J connectivity index is 1.12. The molecule has 0 spiro atoms. The summed E-state index contributed by atoms with van der Waals surface area (Å²) in [7, 11) is 0. The van der Waals surface area contributed by atoms with Gasteiger partial charge >= 0.3 is 0 Å². The first kappa shape index (κ1) is 29.4. The van der Waals surface area contributed by atoms with E-state index < -0.39 is 0 Å². The van der Waals surface area contributed by atoms with E-state index in [-0.39, 0.29) is 0 Å². The lowest BCUT2D eigenvalue weighted by Gasteiger charge is -2.13. The summed E-state index contributed by atoms with van der Waals surface area (Å²) >= 11 is 1.86. The lowest BCUT2D eigenvalue weighted by Crippen LogP contribution is -2.01. The minimum atomic E-state index is 0.647. The number of thiophene rings is 1. The van der Waals surface area contributed by atoms with Crippen molar-refractivity contribution >= 4 is 53.1 Å². The molecular formula is C47H29N3S. The first-order valence-electron chi connectivity index (χ1n) is 17.1. The molecule has 3 nitrogen and oxygen atoms in total. The van der Waals surface area contributed by atoms with Crippen LogP contribution >= 0.6 is 11.3 Å². The van der Waals surface area contributed by atoms with E-state index in [1.54, 1.807) is 0 Å². The number of fused-ring (bicyclic) bond motifs is 5. The van der Waals surface area contributed by atoms with E-state index >= 15 is 0 Å². The third-order valence-corrected chi connectivity index (χ3v) is 10.9. The Morgan fingerprint density at radius 1 is 0.314 bits per heavy atom. The molecule has 51 heavy (non-hydrogen) atoms. The third kappa shape index (κ3) is 5.25. The molecule has 0 bridgehead atoms. The van der Waals surface area contributed by atoms with Gasteiger partial charge in [0.25, 0.3) is 0 Å². The molecule has 0 aliphatic rings. The van der Waals surface area contributed by atoms with Gasteiger partial charge in [0, 0.05) is 36.9 Å². The second-order valence-electron chi connectivity index (χ2n) is 12.8. The average molecular weight is 668 g/mol. The smallest absolute Gasteiger partial charge is 0.164 e. The van der Waals surface area contributed by atoms with Crippen LogP contribution in [0.5, 0.6) is 0 Å². The summed E-state index contributed by atoms with van der Waals surface area (Å²) in [5, 5.41) is 7.19. The van der Waals surface area contributed by atoms with Crippen molar-refractivity contribution in [1.82, 2.24) is 15.0 Å². The molecule has 8 aromatic carbocycles. The van der Waals surface area contributed by atoms with E-state index in [0.717, 1.165) is 44.0 Å². The fraction of sp³-hybridized carbons (Fsp3) is 0. The highest BCUT2D eigenvalue weighted by Crippen LogP contribution is 2.41. The predicted octanol–water partition coefficient (Wildman–Crippen LogP) is 12.9. The van der Waals surface area contributed by atoms with Gasteiger partial charge in [0.05, 0.1) is 0 Å². The van der Waals surface area contributed by atoms with Crippen molar-refractivity contribution in [2.45, 2.75) is 0 Å². The summed E-state index contributed by atoms with van der Waals surface area (Å²) in [6.07, 6.45) is 0. The molecule has 0 atom stereocenters. The quantitative estimate of drug-likeness (QED) is 0.183. The van der Waals surface area contributed by atoms with Crippen LogP contribution in [0.25, 0.3) is 98.1 Å². The minimum absolute atomic E-state index is 0.647. The van der Waals surface area contributed by atoms with Crippen LogP contribution in [0, 0.1) is 0 Å². The molecule has 0 saturated carbocycles. The summed E-state index contributed by atoms with van der Waals surface area (Å²) in [6, 6.07) is 62.2. The van der Waals surface area contributed by atoms with Crippen molar-refractivity contribution in [3.63, 3.8) is 0 Å². The van der Waals surface area contributed by atoms with E-state index in [1.807, 2.05) is 35.6 Å². The van der Waals surface area contributed by atoms with Crippen molar-refractivity contribution in [1.29, 1.82) is 0 Å². The molecule has 0 amide bonds. The van der Waals surface area contributed by atoms with E-state index in [9.17, 15) is 0 Å². The van der Waals surface area contributed by atoms with Crippen LogP contribution < -0.4 is 0 Å². The summed E-state index contributed by atoms with van der Waals surface area (Å²) in [4.78, 5) is 15.4. The Hall–Kier alpha value is -6.49. The summed E-state index contributed by atoms with van der Waals surface area (Å²) in [5.74, 6) is 1.95. The summed E-state index contributed by atoms with van der Waals surface area (Å²) in [5.41, 5.74) is 7.64. The van der Waals surface area contributed by atoms with Crippen LogP contribution in [0.15, 0.2) is 176 Å². The second kappa shape index (κ2) is 12.1. The Morgan fingerprint density at radius 2 is 0.902 bits per heavy atom.